The van der Waals surface area contributed by atoms with E-state index < -0.39 is 0 Å². The molecule has 50 valence electrons. The second-order valence-electron chi connectivity index (χ2n) is 2.13. The van der Waals surface area contributed by atoms with Gasteiger partial charge in [0.2, 0.25) is 0 Å². The van der Waals surface area contributed by atoms with Crippen LogP contribution in [0.2, 0.25) is 0 Å². The van der Waals surface area contributed by atoms with Crippen molar-refractivity contribution in [3.05, 3.63) is 11.2 Å². The molecule has 0 aromatic carbocycles. The van der Waals surface area contributed by atoms with Gasteiger partial charge < -0.3 is 0 Å². The Morgan fingerprint density at radius 3 is 3.00 bits per heavy atom. The summed E-state index contributed by atoms with van der Waals surface area (Å²) in [5.41, 5.74) is 0. The van der Waals surface area contributed by atoms with E-state index in [-0.39, 0.29) is 0 Å². The summed E-state index contributed by atoms with van der Waals surface area (Å²) in [5, 5.41) is 0.839. The molecular formula is C6H7BrClN. The van der Waals surface area contributed by atoms with Gasteiger partial charge in [-0.15, -0.1) is 0 Å². The van der Waals surface area contributed by atoms with Gasteiger partial charge in [-0.2, -0.15) is 0 Å². The molecule has 1 heterocycles. The SMILES string of the molecule is CC1CC(Cl)=CN=C1Br. The topological polar surface area (TPSA) is 12.4 Å². The van der Waals surface area contributed by atoms with E-state index in [1.165, 1.54) is 0 Å². The average molecular weight is 208 g/mol. The van der Waals surface area contributed by atoms with Crippen LogP contribution in [0.1, 0.15) is 13.3 Å². The molecule has 1 aliphatic rings. The molecule has 0 saturated carbocycles. The summed E-state index contributed by atoms with van der Waals surface area (Å²) in [7, 11) is 0. The highest BCUT2D eigenvalue weighted by atomic mass is 79.9. The Kier molecular flexibility index (Phi) is 2.30. The van der Waals surface area contributed by atoms with E-state index in [0.29, 0.717) is 5.92 Å². The monoisotopic (exact) mass is 207 g/mol. The molecule has 1 aliphatic heterocycles. The van der Waals surface area contributed by atoms with Crippen LogP contribution in [0.5, 0.6) is 0 Å². The van der Waals surface area contributed by atoms with Crippen LogP contribution < -0.4 is 0 Å². The van der Waals surface area contributed by atoms with Crippen molar-refractivity contribution in [3.63, 3.8) is 0 Å². The largest absolute Gasteiger partial charge is 0.252 e. The lowest BCUT2D eigenvalue weighted by atomic mass is 10.1. The smallest absolute Gasteiger partial charge is 0.0861 e. The zero-order chi connectivity index (χ0) is 6.85. The van der Waals surface area contributed by atoms with E-state index in [4.69, 9.17) is 11.6 Å². The molecule has 0 aliphatic carbocycles. The minimum absolute atomic E-state index is 0.447. The minimum atomic E-state index is 0.447. The summed E-state index contributed by atoms with van der Waals surface area (Å²) in [5.74, 6) is 0.447. The normalized spacial score (nSPS) is 27.2. The van der Waals surface area contributed by atoms with E-state index in [1.807, 2.05) is 0 Å². The molecule has 9 heavy (non-hydrogen) atoms. The minimum Gasteiger partial charge on any atom is -0.252 e. The van der Waals surface area contributed by atoms with Crippen molar-refractivity contribution in [2.75, 3.05) is 0 Å². The molecular weight excluding hydrogens is 201 g/mol. The number of allylic oxidation sites excluding steroid dienone is 1. The third-order valence-corrected chi connectivity index (χ3v) is 2.47. The van der Waals surface area contributed by atoms with Crippen LogP contribution in [0, 0.1) is 5.92 Å². The number of halogens is 2. The number of nitrogens with zero attached hydrogens (tertiary/aromatic N) is 1. The Morgan fingerprint density at radius 1 is 1.89 bits per heavy atom. The van der Waals surface area contributed by atoms with Crippen LogP contribution in [0.15, 0.2) is 16.2 Å². The van der Waals surface area contributed by atoms with Gasteiger partial charge in [0.05, 0.1) is 4.62 Å². The quantitative estimate of drug-likeness (QED) is 0.580. The molecule has 3 heteroatoms. The third kappa shape index (κ3) is 1.80. The van der Waals surface area contributed by atoms with Crippen LogP contribution in [0.3, 0.4) is 0 Å². The molecule has 0 bridgehead atoms. The molecule has 0 spiro atoms. The Hall–Kier alpha value is 0.180. The van der Waals surface area contributed by atoms with Gasteiger partial charge >= 0.3 is 0 Å². The summed E-state index contributed by atoms with van der Waals surface area (Å²) in [6.07, 6.45) is 2.59. The van der Waals surface area contributed by atoms with Crippen LogP contribution in [0.4, 0.5) is 0 Å². The molecule has 1 rings (SSSR count). The highest BCUT2D eigenvalue weighted by Gasteiger charge is 2.12. The van der Waals surface area contributed by atoms with Crippen LogP contribution in [0.25, 0.3) is 0 Å². The first-order valence-corrected chi connectivity index (χ1v) is 3.95. The molecule has 1 nitrogen and oxygen atoms in total. The van der Waals surface area contributed by atoms with Gasteiger partial charge in [0.1, 0.15) is 0 Å². The molecule has 1 unspecified atom stereocenters. The van der Waals surface area contributed by atoms with Crippen LogP contribution in [-0.4, -0.2) is 4.62 Å². The fourth-order valence-electron chi connectivity index (χ4n) is 0.688. The van der Waals surface area contributed by atoms with Crippen molar-refractivity contribution < 1.29 is 0 Å². The molecule has 0 radical (unpaired) electrons. The van der Waals surface area contributed by atoms with Crippen molar-refractivity contribution in [2.24, 2.45) is 10.9 Å². The lowest BCUT2D eigenvalue weighted by molar-refractivity contribution is 0.781. The Labute approximate surface area is 67.9 Å². The summed E-state index contributed by atoms with van der Waals surface area (Å²) in [6.45, 7) is 2.09. The maximum Gasteiger partial charge on any atom is 0.0861 e. The number of aliphatic imine (C=N–C) groups is 1. The molecule has 0 amide bonds. The Morgan fingerprint density at radius 2 is 2.56 bits per heavy atom. The first-order chi connectivity index (χ1) is 4.20. The third-order valence-electron chi connectivity index (χ3n) is 1.24. The van der Waals surface area contributed by atoms with Crippen molar-refractivity contribution in [1.29, 1.82) is 0 Å². The fraction of sp³-hybridized carbons (Fsp3) is 0.500. The first kappa shape index (κ1) is 7.29. The molecule has 0 saturated heterocycles. The average Bonchev–Trinajstić information content (AvgIpc) is 1.80. The fourth-order valence-corrected chi connectivity index (χ4v) is 1.23. The Balaban J connectivity index is 2.74. The highest BCUT2D eigenvalue weighted by molar-refractivity contribution is 9.18. The van der Waals surface area contributed by atoms with Gasteiger partial charge in [-0.1, -0.05) is 18.5 Å². The van der Waals surface area contributed by atoms with Gasteiger partial charge in [0, 0.05) is 17.2 Å². The highest BCUT2D eigenvalue weighted by Crippen LogP contribution is 2.23. The predicted molar refractivity (Wildman–Crippen MR) is 44.1 cm³/mol. The lowest BCUT2D eigenvalue weighted by Gasteiger charge is -2.11. The Bertz CT molecular complexity index is 174. The lowest BCUT2D eigenvalue weighted by Crippen LogP contribution is -2.06. The molecule has 0 aromatic heterocycles. The van der Waals surface area contributed by atoms with E-state index in [0.717, 1.165) is 16.1 Å². The van der Waals surface area contributed by atoms with E-state index in [1.54, 1.807) is 6.20 Å². The van der Waals surface area contributed by atoms with Gasteiger partial charge in [0.25, 0.3) is 0 Å². The van der Waals surface area contributed by atoms with Gasteiger partial charge in [-0.05, 0) is 22.4 Å². The second kappa shape index (κ2) is 2.84. The van der Waals surface area contributed by atoms with E-state index in [9.17, 15) is 0 Å². The summed E-state index contributed by atoms with van der Waals surface area (Å²) >= 11 is 9.04. The number of hydrogen-bond acceptors (Lipinski definition) is 1. The van der Waals surface area contributed by atoms with Gasteiger partial charge in [0.15, 0.2) is 0 Å². The maximum atomic E-state index is 5.71. The summed E-state index contributed by atoms with van der Waals surface area (Å²) < 4.78 is 0.993. The van der Waals surface area contributed by atoms with Gasteiger partial charge in [-0.25, -0.2) is 0 Å². The van der Waals surface area contributed by atoms with Crippen LogP contribution in [-0.2, 0) is 0 Å². The maximum absolute atomic E-state index is 5.71. The second-order valence-corrected chi connectivity index (χ2v) is 3.43. The first-order valence-electron chi connectivity index (χ1n) is 2.78. The zero-order valence-electron chi connectivity index (χ0n) is 5.06. The molecule has 1 atom stereocenters. The molecule has 0 aromatic rings. The standard InChI is InChI=1S/C6H7BrClN/c1-4-2-5(8)3-9-6(4)7/h3-4H,2H2,1H3. The summed E-state index contributed by atoms with van der Waals surface area (Å²) in [4.78, 5) is 4.03. The zero-order valence-corrected chi connectivity index (χ0v) is 7.41. The number of rotatable bonds is 0. The van der Waals surface area contributed by atoms with Crippen LogP contribution >= 0.6 is 27.5 Å². The predicted octanol–water partition coefficient (Wildman–Crippen LogP) is 2.90. The van der Waals surface area contributed by atoms with Crippen molar-refractivity contribution in [1.82, 2.24) is 0 Å². The van der Waals surface area contributed by atoms with Crippen molar-refractivity contribution >= 4 is 32.2 Å². The molecule has 0 N–H and O–H groups in total. The van der Waals surface area contributed by atoms with E-state index >= 15 is 0 Å². The number of hydrogen-bond donors (Lipinski definition) is 0. The van der Waals surface area contributed by atoms with E-state index in [2.05, 4.69) is 27.8 Å². The van der Waals surface area contributed by atoms with Crippen molar-refractivity contribution in [3.8, 4) is 0 Å². The van der Waals surface area contributed by atoms with Crippen molar-refractivity contribution in [2.45, 2.75) is 13.3 Å². The van der Waals surface area contributed by atoms with Gasteiger partial charge in [-0.3, -0.25) is 4.99 Å². The molecule has 0 fully saturated rings. The summed E-state index contributed by atoms with van der Waals surface area (Å²) in [6, 6.07) is 0.